The predicted octanol–water partition coefficient (Wildman–Crippen LogP) is 1.05. The smallest absolute Gasteiger partial charge is 0.232 e. The number of amidine groups is 1. The highest BCUT2D eigenvalue weighted by atomic mass is 32.2. The Kier molecular flexibility index (Phi) is 5.12. The van der Waals surface area contributed by atoms with Gasteiger partial charge < -0.3 is 9.80 Å². The number of amides is 1. The zero-order valence-corrected chi connectivity index (χ0v) is 16.5. The first kappa shape index (κ1) is 18.9. The van der Waals surface area contributed by atoms with Crippen molar-refractivity contribution in [2.45, 2.75) is 19.0 Å². The average molecular weight is 396 g/mol. The van der Waals surface area contributed by atoms with Crippen LogP contribution in [0.5, 0.6) is 0 Å². The van der Waals surface area contributed by atoms with Gasteiger partial charge in [0.1, 0.15) is 0 Å². The number of carbonyl (C=O) groups is 2. The molecule has 7 nitrogen and oxygen atoms in total. The number of Topliss-reactive ketones (excluding diaryl/α,β-unsaturated/α-hetero) is 1. The van der Waals surface area contributed by atoms with Crippen LogP contribution in [0.1, 0.15) is 17.3 Å². The molecule has 2 unspecified atom stereocenters. The number of anilines is 1. The summed E-state index contributed by atoms with van der Waals surface area (Å²) in [7, 11) is 0.237. The van der Waals surface area contributed by atoms with Crippen LogP contribution in [0.15, 0.2) is 29.3 Å². The Morgan fingerprint density at radius 2 is 2.04 bits per heavy atom. The van der Waals surface area contributed by atoms with Crippen LogP contribution in [0.2, 0.25) is 0 Å². The minimum Gasteiger partial charge on any atom is -0.348 e. The maximum absolute atomic E-state index is 12.0. The summed E-state index contributed by atoms with van der Waals surface area (Å²) >= 11 is 1.30. The molecule has 0 spiro atoms. The monoisotopic (exact) mass is 395 g/mol. The largest absolute Gasteiger partial charge is 0.348 e. The van der Waals surface area contributed by atoms with Crippen LogP contribution in [-0.4, -0.2) is 73.6 Å². The third-order valence-corrected chi connectivity index (χ3v) is 7.11. The zero-order chi connectivity index (χ0) is 19.1. The SMILES string of the molecule is CC(=O)c1cccc(N2C(SCC(=O)N(C)C)=NC3CS(=O)(=O)CC32)c1. The Balaban J connectivity index is 1.92. The van der Waals surface area contributed by atoms with Gasteiger partial charge in [-0.2, -0.15) is 0 Å². The molecule has 0 radical (unpaired) electrons. The van der Waals surface area contributed by atoms with E-state index in [0.717, 1.165) is 5.69 Å². The lowest BCUT2D eigenvalue weighted by molar-refractivity contribution is -0.125. The molecule has 1 amide bonds. The second kappa shape index (κ2) is 7.03. The molecule has 1 fully saturated rings. The first-order chi connectivity index (χ1) is 12.2. The Morgan fingerprint density at radius 1 is 1.31 bits per heavy atom. The fraction of sp³-hybridized carbons (Fsp3) is 0.471. The summed E-state index contributed by atoms with van der Waals surface area (Å²) < 4.78 is 24.1. The van der Waals surface area contributed by atoms with Gasteiger partial charge in [0.05, 0.1) is 29.3 Å². The fourth-order valence-electron chi connectivity index (χ4n) is 3.07. The topological polar surface area (TPSA) is 87.1 Å². The Bertz CT molecular complexity index is 880. The molecule has 2 aliphatic rings. The third kappa shape index (κ3) is 3.78. The van der Waals surface area contributed by atoms with Gasteiger partial charge >= 0.3 is 0 Å². The van der Waals surface area contributed by atoms with Crippen molar-refractivity contribution in [2.24, 2.45) is 4.99 Å². The third-order valence-electron chi connectivity index (χ3n) is 4.46. The number of ketones is 1. The normalized spacial score (nSPS) is 23.5. The lowest BCUT2D eigenvalue weighted by atomic mass is 10.1. The standard InChI is InChI=1S/C17H21N3O4S2/c1-11(21)12-5-4-6-13(7-12)20-15-10-26(23,24)9-14(15)18-17(20)25-8-16(22)19(2)3/h4-7,14-15H,8-10H2,1-3H3. The van der Waals surface area contributed by atoms with Gasteiger partial charge in [-0.3, -0.25) is 14.6 Å². The molecule has 0 aromatic heterocycles. The molecule has 3 rings (SSSR count). The van der Waals surface area contributed by atoms with Crippen molar-refractivity contribution in [3.8, 4) is 0 Å². The average Bonchev–Trinajstić information content (AvgIpc) is 3.03. The van der Waals surface area contributed by atoms with Crippen molar-refractivity contribution < 1.29 is 18.0 Å². The number of carbonyl (C=O) groups excluding carboxylic acids is 2. The van der Waals surface area contributed by atoms with Crippen molar-refractivity contribution in [2.75, 3.05) is 36.3 Å². The summed E-state index contributed by atoms with van der Waals surface area (Å²) in [5.41, 5.74) is 1.28. The number of benzene rings is 1. The summed E-state index contributed by atoms with van der Waals surface area (Å²) in [6, 6.07) is 6.46. The molecule has 0 saturated carbocycles. The Morgan fingerprint density at radius 3 is 2.69 bits per heavy atom. The number of rotatable bonds is 4. The van der Waals surface area contributed by atoms with Crippen LogP contribution in [0.3, 0.4) is 0 Å². The quantitative estimate of drug-likeness (QED) is 0.709. The number of hydrogen-bond donors (Lipinski definition) is 0. The molecule has 2 aliphatic heterocycles. The highest BCUT2D eigenvalue weighted by Crippen LogP contribution is 2.35. The molecule has 0 aliphatic carbocycles. The molecule has 2 atom stereocenters. The van der Waals surface area contributed by atoms with Gasteiger partial charge in [-0.25, -0.2) is 8.42 Å². The molecule has 1 aromatic rings. The molecule has 1 aromatic carbocycles. The number of nitrogens with zero attached hydrogens (tertiary/aromatic N) is 3. The minimum absolute atomic E-state index is 0.0201. The summed E-state index contributed by atoms with van der Waals surface area (Å²) in [6.45, 7) is 1.49. The molecule has 1 saturated heterocycles. The van der Waals surface area contributed by atoms with E-state index in [9.17, 15) is 18.0 Å². The number of thioether (sulfide) groups is 1. The molecule has 2 heterocycles. The van der Waals surface area contributed by atoms with Gasteiger partial charge in [-0.1, -0.05) is 23.9 Å². The zero-order valence-electron chi connectivity index (χ0n) is 14.9. The van der Waals surface area contributed by atoms with Crippen LogP contribution in [-0.2, 0) is 14.6 Å². The molecule has 9 heteroatoms. The minimum atomic E-state index is -3.14. The van der Waals surface area contributed by atoms with Crippen molar-refractivity contribution in [3.05, 3.63) is 29.8 Å². The fourth-order valence-corrected chi connectivity index (χ4v) is 6.01. The van der Waals surface area contributed by atoms with Crippen molar-refractivity contribution in [1.29, 1.82) is 0 Å². The molecule has 0 N–H and O–H groups in total. The van der Waals surface area contributed by atoms with E-state index in [-0.39, 0.29) is 41.0 Å². The molecule has 0 bridgehead atoms. The van der Waals surface area contributed by atoms with Crippen molar-refractivity contribution in [1.82, 2.24) is 4.90 Å². The molecular formula is C17H21N3O4S2. The Hall–Kier alpha value is -1.87. The van der Waals surface area contributed by atoms with Crippen molar-refractivity contribution in [3.63, 3.8) is 0 Å². The molecule has 140 valence electrons. The Labute approximate surface area is 157 Å². The van der Waals surface area contributed by atoms with E-state index in [1.54, 1.807) is 32.3 Å². The first-order valence-electron chi connectivity index (χ1n) is 8.19. The second-order valence-corrected chi connectivity index (χ2v) is 9.77. The maximum atomic E-state index is 12.0. The van der Waals surface area contributed by atoms with E-state index in [0.29, 0.717) is 10.7 Å². The number of hydrogen-bond acceptors (Lipinski definition) is 7. The van der Waals surface area contributed by atoms with Crippen LogP contribution in [0.25, 0.3) is 0 Å². The van der Waals surface area contributed by atoms with Crippen LogP contribution < -0.4 is 4.90 Å². The van der Waals surface area contributed by atoms with E-state index >= 15 is 0 Å². The first-order valence-corrected chi connectivity index (χ1v) is 11.0. The number of sulfone groups is 1. The van der Waals surface area contributed by atoms with Crippen LogP contribution in [0, 0.1) is 0 Å². The van der Waals surface area contributed by atoms with Gasteiger partial charge in [0.2, 0.25) is 5.91 Å². The summed E-state index contributed by atoms with van der Waals surface area (Å²) in [6.07, 6.45) is 0. The molecule has 26 heavy (non-hydrogen) atoms. The predicted molar refractivity (Wildman–Crippen MR) is 104 cm³/mol. The van der Waals surface area contributed by atoms with Gasteiger partial charge in [0.15, 0.2) is 20.8 Å². The maximum Gasteiger partial charge on any atom is 0.232 e. The van der Waals surface area contributed by atoms with E-state index < -0.39 is 9.84 Å². The lowest BCUT2D eigenvalue weighted by Crippen LogP contribution is -2.39. The van der Waals surface area contributed by atoms with Crippen molar-refractivity contribution >= 4 is 44.1 Å². The van der Waals surface area contributed by atoms with E-state index in [1.165, 1.54) is 23.6 Å². The second-order valence-electron chi connectivity index (χ2n) is 6.68. The highest BCUT2D eigenvalue weighted by molar-refractivity contribution is 8.14. The summed E-state index contributed by atoms with van der Waals surface area (Å²) in [5, 5.41) is 0.630. The molecular weight excluding hydrogens is 374 g/mol. The van der Waals surface area contributed by atoms with Crippen LogP contribution >= 0.6 is 11.8 Å². The van der Waals surface area contributed by atoms with Crippen LogP contribution in [0.4, 0.5) is 5.69 Å². The number of fused-ring (bicyclic) bond motifs is 1. The highest BCUT2D eigenvalue weighted by Gasteiger charge is 2.47. The van der Waals surface area contributed by atoms with Gasteiger partial charge in [0, 0.05) is 25.3 Å². The van der Waals surface area contributed by atoms with Gasteiger partial charge in [-0.15, -0.1) is 0 Å². The van der Waals surface area contributed by atoms with Gasteiger partial charge in [-0.05, 0) is 19.1 Å². The summed E-state index contributed by atoms with van der Waals surface area (Å²) in [5.74, 6) is 0.167. The van der Waals surface area contributed by atoms with E-state index in [2.05, 4.69) is 4.99 Å². The van der Waals surface area contributed by atoms with E-state index in [1.807, 2.05) is 11.0 Å². The summed E-state index contributed by atoms with van der Waals surface area (Å²) in [4.78, 5) is 31.6. The van der Waals surface area contributed by atoms with Gasteiger partial charge in [0.25, 0.3) is 0 Å². The van der Waals surface area contributed by atoms with E-state index in [4.69, 9.17) is 0 Å². The lowest BCUT2D eigenvalue weighted by Gasteiger charge is -2.27. The number of aliphatic imine (C=N–C) groups is 1.